The lowest BCUT2D eigenvalue weighted by Crippen LogP contribution is -2.04. The van der Waals surface area contributed by atoms with E-state index < -0.39 is 0 Å². The van der Waals surface area contributed by atoms with E-state index in [4.69, 9.17) is 0 Å². The summed E-state index contributed by atoms with van der Waals surface area (Å²) in [6.45, 7) is 2.95. The van der Waals surface area contributed by atoms with E-state index in [0.717, 1.165) is 23.4 Å². The van der Waals surface area contributed by atoms with Crippen LogP contribution in [0.15, 0.2) is 41.3 Å². The normalized spacial score (nSPS) is 10.2. The third-order valence-electron chi connectivity index (χ3n) is 2.59. The number of benzene rings is 1. The van der Waals surface area contributed by atoms with E-state index in [9.17, 15) is 0 Å². The minimum absolute atomic E-state index is 0.785. The Balaban J connectivity index is 2.07. The summed E-state index contributed by atoms with van der Waals surface area (Å²) in [7, 11) is 0. The number of halogens is 1. The molecule has 0 aliphatic carbocycles. The molecule has 17 heavy (non-hydrogen) atoms. The van der Waals surface area contributed by atoms with Gasteiger partial charge in [-0.3, -0.25) is 0 Å². The first-order valence-electron chi connectivity index (χ1n) is 5.58. The monoisotopic (exact) mass is 291 g/mol. The van der Waals surface area contributed by atoms with Crippen molar-refractivity contribution in [2.75, 3.05) is 5.32 Å². The Morgan fingerprint density at radius 2 is 1.94 bits per heavy atom. The molecule has 1 aromatic heterocycles. The standard InChI is InChI=1S/C13H14BrN3/c1-2-10-5-3-4-6-11(10)8-15-13-7-12(14)16-9-17-13/h3-7,9H,2,8H2,1H3,(H,15,16,17). The Bertz CT molecular complexity index is 500. The van der Waals surface area contributed by atoms with Crippen molar-refractivity contribution in [2.45, 2.75) is 19.9 Å². The molecular weight excluding hydrogens is 278 g/mol. The van der Waals surface area contributed by atoms with Crippen molar-refractivity contribution in [3.05, 3.63) is 52.4 Å². The number of hydrogen-bond acceptors (Lipinski definition) is 3. The second-order valence-electron chi connectivity index (χ2n) is 3.70. The fourth-order valence-electron chi connectivity index (χ4n) is 1.69. The van der Waals surface area contributed by atoms with Gasteiger partial charge >= 0.3 is 0 Å². The summed E-state index contributed by atoms with van der Waals surface area (Å²) in [5.74, 6) is 0.831. The van der Waals surface area contributed by atoms with Crippen molar-refractivity contribution in [3.8, 4) is 0 Å². The van der Waals surface area contributed by atoms with Crippen LogP contribution in [0.2, 0.25) is 0 Å². The zero-order valence-electron chi connectivity index (χ0n) is 9.65. The Hall–Kier alpha value is -1.42. The van der Waals surface area contributed by atoms with Crippen molar-refractivity contribution in [1.82, 2.24) is 9.97 Å². The lowest BCUT2D eigenvalue weighted by molar-refractivity contribution is 1.02. The molecule has 0 aliphatic heterocycles. The summed E-state index contributed by atoms with van der Waals surface area (Å²) < 4.78 is 0.791. The molecule has 0 fully saturated rings. The molecule has 0 atom stereocenters. The van der Waals surface area contributed by atoms with Gasteiger partial charge in [-0.2, -0.15) is 0 Å². The highest BCUT2D eigenvalue weighted by molar-refractivity contribution is 9.10. The van der Waals surface area contributed by atoms with Crippen LogP contribution in [-0.2, 0) is 13.0 Å². The minimum atomic E-state index is 0.785. The lowest BCUT2D eigenvalue weighted by Gasteiger charge is -2.09. The molecule has 0 saturated carbocycles. The minimum Gasteiger partial charge on any atom is -0.366 e. The average Bonchev–Trinajstić information content (AvgIpc) is 2.37. The van der Waals surface area contributed by atoms with Gasteiger partial charge in [0.15, 0.2) is 0 Å². The van der Waals surface area contributed by atoms with Crippen LogP contribution in [0.4, 0.5) is 5.82 Å². The zero-order chi connectivity index (χ0) is 12.1. The van der Waals surface area contributed by atoms with E-state index in [0.29, 0.717) is 0 Å². The molecule has 0 unspecified atom stereocenters. The molecule has 4 heteroatoms. The number of anilines is 1. The number of nitrogens with one attached hydrogen (secondary N) is 1. The summed E-state index contributed by atoms with van der Waals surface area (Å²) in [6.07, 6.45) is 2.59. The third kappa shape index (κ3) is 3.27. The average molecular weight is 292 g/mol. The quantitative estimate of drug-likeness (QED) is 0.877. The van der Waals surface area contributed by atoms with E-state index >= 15 is 0 Å². The molecule has 0 radical (unpaired) electrons. The Labute approximate surface area is 109 Å². The fourth-order valence-corrected chi connectivity index (χ4v) is 2.00. The Morgan fingerprint density at radius 3 is 2.65 bits per heavy atom. The predicted octanol–water partition coefficient (Wildman–Crippen LogP) is 3.41. The first kappa shape index (κ1) is 12.0. The molecule has 88 valence electrons. The van der Waals surface area contributed by atoms with Gasteiger partial charge in [0.1, 0.15) is 16.7 Å². The zero-order valence-corrected chi connectivity index (χ0v) is 11.2. The van der Waals surface area contributed by atoms with Crippen molar-refractivity contribution in [2.24, 2.45) is 0 Å². The van der Waals surface area contributed by atoms with Gasteiger partial charge in [-0.15, -0.1) is 0 Å². The molecule has 2 aromatic rings. The molecule has 0 spiro atoms. The first-order valence-corrected chi connectivity index (χ1v) is 6.37. The molecule has 1 N–H and O–H groups in total. The van der Waals surface area contributed by atoms with Gasteiger partial charge in [-0.05, 0) is 33.5 Å². The maximum absolute atomic E-state index is 4.16. The van der Waals surface area contributed by atoms with Crippen LogP contribution in [0.3, 0.4) is 0 Å². The van der Waals surface area contributed by atoms with E-state index in [2.05, 4.69) is 62.4 Å². The van der Waals surface area contributed by atoms with E-state index in [1.165, 1.54) is 17.5 Å². The first-order chi connectivity index (χ1) is 8.29. The molecule has 1 heterocycles. The highest BCUT2D eigenvalue weighted by Crippen LogP contribution is 2.13. The number of nitrogens with zero attached hydrogens (tertiary/aromatic N) is 2. The number of hydrogen-bond donors (Lipinski definition) is 1. The largest absolute Gasteiger partial charge is 0.366 e. The molecule has 0 saturated heterocycles. The maximum atomic E-state index is 4.16. The van der Waals surface area contributed by atoms with Crippen molar-refractivity contribution in [3.63, 3.8) is 0 Å². The molecular formula is C13H14BrN3. The SMILES string of the molecule is CCc1ccccc1CNc1cc(Br)ncn1. The van der Waals surface area contributed by atoms with Gasteiger partial charge in [-0.1, -0.05) is 31.2 Å². The fraction of sp³-hybridized carbons (Fsp3) is 0.231. The third-order valence-corrected chi connectivity index (χ3v) is 3.03. The van der Waals surface area contributed by atoms with Gasteiger partial charge in [-0.25, -0.2) is 9.97 Å². The summed E-state index contributed by atoms with van der Waals surface area (Å²) >= 11 is 3.33. The predicted molar refractivity (Wildman–Crippen MR) is 72.9 cm³/mol. The van der Waals surface area contributed by atoms with Gasteiger partial charge < -0.3 is 5.32 Å². The topological polar surface area (TPSA) is 37.8 Å². The summed E-state index contributed by atoms with van der Waals surface area (Å²) in [5, 5.41) is 3.30. The highest BCUT2D eigenvalue weighted by atomic mass is 79.9. The molecule has 0 aliphatic rings. The van der Waals surface area contributed by atoms with E-state index in [1.54, 1.807) is 0 Å². The van der Waals surface area contributed by atoms with Gasteiger partial charge in [0.05, 0.1) is 0 Å². The lowest BCUT2D eigenvalue weighted by atomic mass is 10.1. The molecule has 1 aromatic carbocycles. The van der Waals surface area contributed by atoms with Crippen molar-refractivity contribution in [1.29, 1.82) is 0 Å². The molecule has 0 amide bonds. The van der Waals surface area contributed by atoms with E-state index in [-0.39, 0.29) is 0 Å². The summed E-state index contributed by atoms with van der Waals surface area (Å²) in [6, 6.07) is 10.3. The van der Waals surface area contributed by atoms with Crippen LogP contribution < -0.4 is 5.32 Å². The smallest absolute Gasteiger partial charge is 0.130 e. The van der Waals surface area contributed by atoms with Crippen LogP contribution in [0, 0.1) is 0 Å². The van der Waals surface area contributed by atoms with Crippen LogP contribution in [0.1, 0.15) is 18.1 Å². The van der Waals surface area contributed by atoms with Gasteiger partial charge in [0.2, 0.25) is 0 Å². The van der Waals surface area contributed by atoms with E-state index in [1.807, 2.05) is 6.07 Å². The Kier molecular flexibility index (Phi) is 4.09. The van der Waals surface area contributed by atoms with Gasteiger partial charge in [0.25, 0.3) is 0 Å². The summed E-state index contributed by atoms with van der Waals surface area (Å²) in [4.78, 5) is 8.15. The summed E-state index contributed by atoms with van der Waals surface area (Å²) in [5.41, 5.74) is 2.68. The number of aromatic nitrogens is 2. The molecule has 2 rings (SSSR count). The number of aryl methyl sites for hydroxylation is 1. The van der Waals surface area contributed by atoms with Crippen molar-refractivity contribution < 1.29 is 0 Å². The van der Waals surface area contributed by atoms with Crippen LogP contribution in [-0.4, -0.2) is 9.97 Å². The van der Waals surface area contributed by atoms with Crippen molar-refractivity contribution >= 4 is 21.7 Å². The van der Waals surface area contributed by atoms with Crippen LogP contribution in [0.25, 0.3) is 0 Å². The maximum Gasteiger partial charge on any atom is 0.130 e. The Morgan fingerprint density at radius 1 is 1.18 bits per heavy atom. The molecule has 3 nitrogen and oxygen atoms in total. The second-order valence-corrected chi connectivity index (χ2v) is 4.51. The van der Waals surface area contributed by atoms with Gasteiger partial charge in [0, 0.05) is 12.6 Å². The molecule has 0 bridgehead atoms. The van der Waals surface area contributed by atoms with Crippen LogP contribution >= 0.6 is 15.9 Å². The second kappa shape index (κ2) is 5.77. The van der Waals surface area contributed by atoms with Crippen LogP contribution in [0.5, 0.6) is 0 Å². The highest BCUT2D eigenvalue weighted by Gasteiger charge is 2.00. The number of rotatable bonds is 4.